The van der Waals surface area contributed by atoms with Gasteiger partial charge in [-0.15, -0.1) is 10.2 Å². The van der Waals surface area contributed by atoms with Crippen LogP contribution in [0.2, 0.25) is 0 Å². The lowest BCUT2D eigenvalue weighted by Crippen LogP contribution is -2.47. The topological polar surface area (TPSA) is 96.5 Å². The van der Waals surface area contributed by atoms with E-state index in [4.69, 9.17) is 15.7 Å². The number of nitrogens with one attached hydrogen (secondary N) is 1. The monoisotopic (exact) mass is 259 g/mol. The van der Waals surface area contributed by atoms with Crippen LogP contribution in [0.3, 0.4) is 0 Å². The van der Waals surface area contributed by atoms with Gasteiger partial charge in [-0.05, 0) is 6.92 Å². The number of nitrogen functional groups attached to an aromatic ring is 1. The van der Waals surface area contributed by atoms with E-state index in [0.717, 1.165) is 11.6 Å². The lowest BCUT2D eigenvalue weighted by Gasteiger charge is -2.35. The first-order chi connectivity index (χ1) is 8.21. The van der Waals surface area contributed by atoms with Crippen molar-refractivity contribution in [1.29, 1.82) is 0 Å². The van der Waals surface area contributed by atoms with Crippen LogP contribution in [-0.2, 0) is 11.3 Å². The molecule has 1 saturated heterocycles. The third-order valence-electron chi connectivity index (χ3n) is 2.55. The first-order valence-corrected chi connectivity index (χ1v) is 6.30. The number of anilines is 1. The Kier molecular flexibility index (Phi) is 4.24. The molecule has 96 valence electrons. The number of hydrogen-bond donors (Lipinski definition) is 3. The Hall–Kier alpha value is -0.800. The SMILES string of the molecule is CC1CN(Cc2nnc(NN)s2)CC(CO)O1. The number of hydrogen-bond acceptors (Lipinski definition) is 8. The zero-order valence-corrected chi connectivity index (χ0v) is 10.5. The number of nitrogens with zero attached hydrogens (tertiary/aromatic N) is 3. The molecule has 4 N–H and O–H groups in total. The summed E-state index contributed by atoms with van der Waals surface area (Å²) in [6.45, 7) is 4.31. The molecule has 0 radical (unpaired) electrons. The summed E-state index contributed by atoms with van der Waals surface area (Å²) >= 11 is 1.43. The van der Waals surface area contributed by atoms with Gasteiger partial charge in [-0.3, -0.25) is 10.3 Å². The van der Waals surface area contributed by atoms with Crippen molar-refractivity contribution < 1.29 is 9.84 Å². The number of rotatable bonds is 4. The largest absolute Gasteiger partial charge is 0.394 e. The van der Waals surface area contributed by atoms with E-state index in [1.165, 1.54) is 11.3 Å². The van der Waals surface area contributed by atoms with Crippen LogP contribution in [0, 0.1) is 0 Å². The van der Waals surface area contributed by atoms with E-state index >= 15 is 0 Å². The van der Waals surface area contributed by atoms with Gasteiger partial charge in [0, 0.05) is 13.1 Å². The van der Waals surface area contributed by atoms with Gasteiger partial charge >= 0.3 is 0 Å². The van der Waals surface area contributed by atoms with Crippen LogP contribution in [0.1, 0.15) is 11.9 Å². The zero-order valence-electron chi connectivity index (χ0n) is 9.67. The van der Waals surface area contributed by atoms with Crippen molar-refractivity contribution in [2.45, 2.75) is 25.7 Å². The molecule has 1 aliphatic heterocycles. The normalized spacial score (nSPS) is 26.1. The molecule has 0 saturated carbocycles. The summed E-state index contributed by atoms with van der Waals surface area (Å²) in [7, 11) is 0. The van der Waals surface area contributed by atoms with Gasteiger partial charge < -0.3 is 9.84 Å². The highest BCUT2D eigenvalue weighted by Crippen LogP contribution is 2.18. The molecule has 1 fully saturated rings. The van der Waals surface area contributed by atoms with Gasteiger partial charge in [0.05, 0.1) is 25.4 Å². The molecule has 7 nitrogen and oxygen atoms in total. The van der Waals surface area contributed by atoms with Crippen LogP contribution in [0.4, 0.5) is 5.13 Å². The molecule has 0 aromatic carbocycles. The summed E-state index contributed by atoms with van der Waals surface area (Å²) in [6.07, 6.45) is 0.0136. The maximum Gasteiger partial charge on any atom is 0.219 e. The Morgan fingerprint density at radius 1 is 1.59 bits per heavy atom. The summed E-state index contributed by atoms with van der Waals surface area (Å²) in [5, 5.41) is 18.6. The fourth-order valence-corrected chi connectivity index (χ4v) is 2.63. The fraction of sp³-hybridized carbons (Fsp3) is 0.778. The van der Waals surface area contributed by atoms with Crippen molar-refractivity contribution in [2.24, 2.45) is 5.84 Å². The molecule has 0 amide bonds. The highest BCUT2D eigenvalue weighted by atomic mass is 32.1. The quantitative estimate of drug-likeness (QED) is 0.491. The molecule has 1 aliphatic rings. The van der Waals surface area contributed by atoms with Gasteiger partial charge in [0.25, 0.3) is 0 Å². The molecular formula is C9H17N5O2S. The van der Waals surface area contributed by atoms with Crippen LogP contribution >= 0.6 is 11.3 Å². The fourth-order valence-electron chi connectivity index (χ4n) is 1.94. The van der Waals surface area contributed by atoms with E-state index in [0.29, 0.717) is 18.2 Å². The maximum absolute atomic E-state index is 9.13. The van der Waals surface area contributed by atoms with Gasteiger partial charge in [0.2, 0.25) is 5.13 Å². The van der Waals surface area contributed by atoms with Gasteiger partial charge in [-0.1, -0.05) is 11.3 Å². The van der Waals surface area contributed by atoms with Crippen LogP contribution in [0.25, 0.3) is 0 Å². The summed E-state index contributed by atoms with van der Waals surface area (Å²) in [6, 6.07) is 0. The van der Waals surface area contributed by atoms with Crippen molar-refractivity contribution in [3.63, 3.8) is 0 Å². The Morgan fingerprint density at radius 3 is 3.06 bits per heavy atom. The minimum atomic E-state index is -0.112. The highest BCUT2D eigenvalue weighted by Gasteiger charge is 2.25. The third-order valence-corrected chi connectivity index (χ3v) is 3.39. The summed E-state index contributed by atoms with van der Waals surface area (Å²) < 4.78 is 5.57. The predicted octanol–water partition coefficient (Wildman–Crippen LogP) is -0.595. The molecule has 2 unspecified atom stereocenters. The second kappa shape index (κ2) is 5.69. The van der Waals surface area contributed by atoms with E-state index in [9.17, 15) is 0 Å². The van der Waals surface area contributed by atoms with E-state index in [1.54, 1.807) is 0 Å². The lowest BCUT2D eigenvalue weighted by molar-refractivity contribution is -0.0972. The molecule has 2 heterocycles. The van der Waals surface area contributed by atoms with Crippen LogP contribution in [-0.4, -0.2) is 52.1 Å². The number of hydrazine groups is 1. The average Bonchev–Trinajstić information content (AvgIpc) is 2.76. The minimum absolute atomic E-state index is 0.0482. The van der Waals surface area contributed by atoms with E-state index < -0.39 is 0 Å². The van der Waals surface area contributed by atoms with Crippen molar-refractivity contribution in [3.8, 4) is 0 Å². The van der Waals surface area contributed by atoms with Crippen LogP contribution in [0.5, 0.6) is 0 Å². The van der Waals surface area contributed by atoms with Crippen molar-refractivity contribution in [1.82, 2.24) is 15.1 Å². The maximum atomic E-state index is 9.13. The molecule has 0 bridgehead atoms. The molecule has 17 heavy (non-hydrogen) atoms. The molecule has 0 spiro atoms. The summed E-state index contributed by atoms with van der Waals surface area (Å²) in [5.74, 6) is 5.25. The van der Waals surface area contributed by atoms with E-state index in [1.807, 2.05) is 6.92 Å². The summed E-state index contributed by atoms with van der Waals surface area (Å²) in [5.41, 5.74) is 2.48. The average molecular weight is 259 g/mol. The zero-order chi connectivity index (χ0) is 12.3. The Bertz CT molecular complexity index is 361. The first kappa shape index (κ1) is 12.7. The van der Waals surface area contributed by atoms with E-state index in [-0.39, 0.29) is 18.8 Å². The number of morpholine rings is 1. The Balaban J connectivity index is 1.93. The molecule has 1 aromatic heterocycles. The van der Waals surface area contributed by atoms with Crippen molar-refractivity contribution in [3.05, 3.63) is 5.01 Å². The molecule has 2 rings (SSSR count). The van der Waals surface area contributed by atoms with Crippen molar-refractivity contribution in [2.75, 3.05) is 25.1 Å². The molecule has 8 heteroatoms. The second-order valence-electron chi connectivity index (χ2n) is 4.09. The first-order valence-electron chi connectivity index (χ1n) is 5.49. The molecule has 1 aromatic rings. The molecule has 2 atom stereocenters. The molecule has 0 aliphatic carbocycles. The standard InChI is InChI=1S/C9H17N5O2S/c1-6-2-14(3-7(5-15)16-6)4-8-12-13-9(11-10)17-8/h6-7,15H,2-5,10H2,1H3,(H,11,13). The van der Waals surface area contributed by atoms with E-state index in [2.05, 4.69) is 20.5 Å². The minimum Gasteiger partial charge on any atom is -0.394 e. The van der Waals surface area contributed by atoms with Crippen molar-refractivity contribution >= 4 is 16.5 Å². The summed E-state index contributed by atoms with van der Waals surface area (Å²) in [4.78, 5) is 2.20. The smallest absolute Gasteiger partial charge is 0.219 e. The number of ether oxygens (including phenoxy) is 1. The van der Waals surface area contributed by atoms with Gasteiger partial charge in [0.15, 0.2) is 0 Å². The van der Waals surface area contributed by atoms with Crippen LogP contribution in [0.15, 0.2) is 0 Å². The number of nitrogens with two attached hydrogens (primary N) is 1. The number of aromatic nitrogens is 2. The second-order valence-corrected chi connectivity index (χ2v) is 5.15. The highest BCUT2D eigenvalue weighted by molar-refractivity contribution is 7.15. The lowest BCUT2D eigenvalue weighted by atomic mass is 10.2. The number of aliphatic hydroxyl groups is 1. The van der Waals surface area contributed by atoms with Crippen LogP contribution < -0.4 is 11.3 Å². The Morgan fingerprint density at radius 2 is 2.41 bits per heavy atom. The Labute approximate surface area is 104 Å². The molecular weight excluding hydrogens is 242 g/mol. The van der Waals surface area contributed by atoms with Gasteiger partial charge in [-0.2, -0.15) is 0 Å². The third kappa shape index (κ3) is 3.33. The predicted molar refractivity (Wildman–Crippen MR) is 64.4 cm³/mol. The van der Waals surface area contributed by atoms with Gasteiger partial charge in [-0.25, -0.2) is 5.84 Å². The number of aliphatic hydroxyl groups excluding tert-OH is 1. The van der Waals surface area contributed by atoms with Gasteiger partial charge in [0.1, 0.15) is 5.01 Å².